The summed E-state index contributed by atoms with van der Waals surface area (Å²) in [5.41, 5.74) is 0.907. The number of benzene rings is 1. The van der Waals surface area contributed by atoms with Gasteiger partial charge in [0.15, 0.2) is 5.13 Å². The zero-order valence-electron chi connectivity index (χ0n) is 7.07. The van der Waals surface area contributed by atoms with Gasteiger partial charge in [-0.15, -0.1) is 0 Å². The van der Waals surface area contributed by atoms with Crippen LogP contribution in [0.3, 0.4) is 0 Å². The van der Waals surface area contributed by atoms with E-state index in [4.69, 9.17) is 5.11 Å². The van der Waals surface area contributed by atoms with E-state index in [9.17, 15) is 0 Å². The van der Waals surface area contributed by atoms with Crippen molar-refractivity contribution in [2.45, 2.75) is 0 Å². The van der Waals surface area contributed by atoms with Gasteiger partial charge in [-0.05, 0) is 40.2 Å². The lowest BCUT2D eigenvalue weighted by molar-refractivity contribution is 0.475. The topological polar surface area (TPSA) is 45.1 Å². The molecule has 3 nitrogen and oxygen atoms in total. The summed E-state index contributed by atoms with van der Waals surface area (Å²) in [4.78, 5) is 4.13. The largest absolute Gasteiger partial charge is 0.508 e. The van der Waals surface area contributed by atoms with E-state index in [2.05, 4.69) is 26.2 Å². The number of nitrogens with one attached hydrogen (secondary N) is 1. The standard InChI is InChI=1S/C9H7BrN2OS/c10-8-5-11-9(14-8)12-6-1-3-7(13)4-2-6/h1-5,13H,(H,11,12). The molecule has 1 heterocycles. The molecule has 0 spiro atoms. The number of nitrogens with zero attached hydrogens (tertiary/aromatic N) is 1. The molecule has 0 fully saturated rings. The minimum Gasteiger partial charge on any atom is -0.508 e. The molecule has 0 bridgehead atoms. The fraction of sp³-hybridized carbons (Fsp3) is 0. The smallest absolute Gasteiger partial charge is 0.188 e. The van der Waals surface area contributed by atoms with Crippen molar-refractivity contribution < 1.29 is 5.11 Å². The van der Waals surface area contributed by atoms with E-state index >= 15 is 0 Å². The lowest BCUT2D eigenvalue weighted by Crippen LogP contribution is -1.87. The molecule has 1 aromatic heterocycles. The molecule has 0 amide bonds. The second-order valence-corrected chi connectivity index (χ2v) is 5.05. The number of aromatic nitrogens is 1. The Bertz CT molecular complexity index is 427. The highest BCUT2D eigenvalue weighted by atomic mass is 79.9. The van der Waals surface area contributed by atoms with Crippen LogP contribution in [0.1, 0.15) is 0 Å². The maximum Gasteiger partial charge on any atom is 0.188 e. The Labute approximate surface area is 93.6 Å². The SMILES string of the molecule is Oc1ccc(Nc2ncc(Br)s2)cc1. The van der Waals surface area contributed by atoms with Crippen molar-refractivity contribution in [3.63, 3.8) is 0 Å². The van der Waals surface area contributed by atoms with E-state index in [0.29, 0.717) is 0 Å². The van der Waals surface area contributed by atoms with Gasteiger partial charge in [-0.1, -0.05) is 11.3 Å². The third kappa shape index (κ3) is 2.24. The number of anilines is 2. The minimum absolute atomic E-state index is 0.260. The van der Waals surface area contributed by atoms with Gasteiger partial charge < -0.3 is 10.4 Å². The van der Waals surface area contributed by atoms with E-state index in [1.807, 2.05) is 0 Å². The number of aromatic hydroxyl groups is 1. The van der Waals surface area contributed by atoms with Crippen LogP contribution in [0, 0.1) is 0 Å². The van der Waals surface area contributed by atoms with Crippen molar-refractivity contribution in [3.8, 4) is 5.75 Å². The summed E-state index contributed by atoms with van der Waals surface area (Å²) in [6, 6.07) is 6.85. The van der Waals surface area contributed by atoms with Crippen molar-refractivity contribution in [2.75, 3.05) is 5.32 Å². The highest BCUT2D eigenvalue weighted by Crippen LogP contribution is 2.26. The molecule has 72 valence electrons. The van der Waals surface area contributed by atoms with Crippen LogP contribution in [-0.4, -0.2) is 10.1 Å². The van der Waals surface area contributed by atoms with Gasteiger partial charge in [0.05, 0.1) is 9.98 Å². The molecule has 2 aromatic rings. The molecule has 2 rings (SSSR count). The van der Waals surface area contributed by atoms with Crippen LogP contribution in [0.15, 0.2) is 34.2 Å². The van der Waals surface area contributed by atoms with Crippen LogP contribution < -0.4 is 5.32 Å². The van der Waals surface area contributed by atoms with Gasteiger partial charge in [-0.2, -0.15) is 0 Å². The van der Waals surface area contributed by atoms with Crippen LogP contribution in [-0.2, 0) is 0 Å². The number of rotatable bonds is 2. The molecule has 2 N–H and O–H groups in total. The second-order valence-electron chi connectivity index (χ2n) is 2.64. The number of halogens is 1. The average Bonchev–Trinajstić information content (AvgIpc) is 2.56. The van der Waals surface area contributed by atoms with Gasteiger partial charge >= 0.3 is 0 Å². The van der Waals surface area contributed by atoms with Crippen LogP contribution in [0.25, 0.3) is 0 Å². The van der Waals surface area contributed by atoms with Crippen molar-refractivity contribution in [3.05, 3.63) is 34.2 Å². The van der Waals surface area contributed by atoms with Crippen molar-refractivity contribution in [1.82, 2.24) is 4.98 Å². The fourth-order valence-corrected chi connectivity index (χ4v) is 2.11. The second kappa shape index (κ2) is 3.98. The van der Waals surface area contributed by atoms with E-state index in [-0.39, 0.29) is 5.75 Å². The zero-order chi connectivity index (χ0) is 9.97. The molecule has 0 unspecified atom stereocenters. The molecule has 0 aliphatic rings. The summed E-state index contributed by atoms with van der Waals surface area (Å²) in [5, 5.41) is 13.0. The van der Waals surface area contributed by atoms with Crippen LogP contribution >= 0.6 is 27.3 Å². The predicted molar refractivity (Wildman–Crippen MR) is 61.2 cm³/mol. The molecule has 14 heavy (non-hydrogen) atoms. The number of hydrogen-bond donors (Lipinski definition) is 2. The van der Waals surface area contributed by atoms with Crippen molar-refractivity contribution >= 4 is 38.1 Å². The summed E-state index contributed by atoms with van der Waals surface area (Å²) in [6.07, 6.45) is 1.74. The summed E-state index contributed by atoms with van der Waals surface area (Å²) in [6.45, 7) is 0. The Morgan fingerprint density at radius 2 is 2.00 bits per heavy atom. The van der Waals surface area contributed by atoms with Gasteiger partial charge in [0, 0.05) is 5.69 Å². The third-order valence-corrected chi connectivity index (χ3v) is 2.99. The summed E-state index contributed by atoms with van der Waals surface area (Å²) in [5.74, 6) is 0.260. The molecule has 1 aromatic carbocycles. The monoisotopic (exact) mass is 270 g/mol. The number of thiazole rings is 1. The normalized spacial score (nSPS) is 10.1. The van der Waals surface area contributed by atoms with Crippen molar-refractivity contribution in [1.29, 1.82) is 0 Å². The Hall–Kier alpha value is -1.07. The average molecular weight is 271 g/mol. The minimum atomic E-state index is 0.260. The summed E-state index contributed by atoms with van der Waals surface area (Å²) in [7, 11) is 0. The molecule has 0 saturated heterocycles. The number of phenolic OH excluding ortho intramolecular Hbond substituents is 1. The van der Waals surface area contributed by atoms with Gasteiger partial charge in [-0.3, -0.25) is 0 Å². The fourth-order valence-electron chi connectivity index (χ4n) is 0.980. The Balaban J connectivity index is 2.15. The highest BCUT2D eigenvalue weighted by Gasteiger charge is 1.99. The maximum atomic E-state index is 9.08. The van der Waals surface area contributed by atoms with Gasteiger partial charge in [0.2, 0.25) is 0 Å². The lowest BCUT2D eigenvalue weighted by atomic mass is 10.3. The summed E-state index contributed by atoms with van der Waals surface area (Å²) >= 11 is 4.85. The van der Waals surface area contributed by atoms with E-state index < -0.39 is 0 Å². The molecule has 0 aliphatic carbocycles. The maximum absolute atomic E-state index is 9.08. The molecular formula is C9H7BrN2OS. The van der Waals surface area contributed by atoms with Crippen LogP contribution in [0.2, 0.25) is 0 Å². The molecule has 0 atom stereocenters. The molecule has 0 radical (unpaired) electrons. The van der Waals surface area contributed by atoms with Crippen molar-refractivity contribution in [2.24, 2.45) is 0 Å². The summed E-state index contributed by atoms with van der Waals surface area (Å²) < 4.78 is 0.985. The zero-order valence-corrected chi connectivity index (χ0v) is 9.47. The Kier molecular flexibility index (Phi) is 2.69. The Morgan fingerprint density at radius 3 is 2.57 bits per heavy atom. The van der Waals surface area contributed by atoms with Crippen LogP contribution in [0.5, 0.6) is 5.75 Å². The first-order valence-corrected chi connectivity index (χ1v) is 5.52. The lowest BCUT2D eigenvalue weighted by Gasteiger charge is -2.01. The van der Waals surface area contributed by atoms with Gasteiger partial charge in [0.1, 0.15) is 5.75 Å². The molecular weight excluding hydrogens is 264 g/mol. The van der Waals surface area contributed by atoms with E-state index in [1.54, 1.807) is 30.5 Å². The van der Waals surface area contributed by atoms with E-state index in [1.165, 1.54) is 11.3 Å². The number of hydrogen-bond acceptors (Lipinski definition) is 4. The number of phenols is 1. The first-order valence-electron chi connectivity index (χ1n) is 3.91. The van der Waals surface area contributed by atoms with E-state index in [0.717, 1.165) is 14.6 Å². The quantitative estimate of drug-likeness (QED) is 0.823. The molecule has 0 aliphatic heterocycles. The van der Waals surface area contributed by atoms with Gasteiger partial charge in [0.25, 0.3) is 0 Å². The predicted octanol–water partition coefficient (Wildman–Crippen LogP) is 3.35. The van der Waals surface area contributed by atoms with Crippen LogP contribution in [0.4, 0.5) is 10.8 Å². The first-order chi connectivity index (χ1) is 6.74. The molecule has 5 heteroatoms. The Morgan fingerprint density at radius 1 is 1.29 bits per heavy atom. The highest BCUT2D eigenvalue weighted by molar-refractivity contribution is 9.11. The first kappa shape index (κ1) is 9.48. The molecule has 0 saturated carbocycles. The third-order valence-electron chi connectivity index (χ3n) is 1.60. The van der Waals surface area contributed by atoms with Gasteiger partial charge in [-0.25, -0.2) is 4.98 Å².